The minimum atomic E-state index is -0.316. The van der Waals surface area contributed by atoms with Crippen molar-refractivity contribution in [3.05, 3.63) is 111 Å². The minimum Gasteiger partial charge on any atom is -0.487 e. The van der Waals surface area contributed by atoms with E-state index in [1.807, 2.05) is 42.5 Å². The van der Waals surface area contributed by atoms with Gasteiger partial charge in [-0.25, -0.2) is 0 Å². The van der Waals surface area contributed by atoms with Crippen LogP contribution in [0.5, 0.6) is 5.75 Å². The molecule has 0 unspecified atom stereocenters. The summed E-state index contributed by atoms with van der Waals surface area (Å²) in [5.74, 6) is 0.564. The second-order valence-corrected chi connectivity index (χ2v) is 8.27. The number of rotatable bonds is 7. The third-order valence-corrected chi connectivity index (χ3v) is 5.47. The smallest absolute Gasteiger partial charge is 0.256 e. The Balaban J connectivity index is 1.41. The average Bonchev–Trinajstić information content (AvgIpc) is 3.13. The molecule has 0 spiro atoms. The van der Waals surface area contributed by atoms with E-state index < -0.39 is 0 Å². The molecule has 0 saturated heterocycles. The number of nitrogens with zero attached hydrogens (tertiary/aromatic N) is 2. The number of carbonyl (C=O) groups is 1. The Hall–Kier alpha value is -2.99. The molecule has 3 aromatic carbocycles. The van der Waals surface area contributed by atoms with Crippen LogP contribution in [0.1, 0.15) is 21.5 Å². The van der Waals surface area contributed by atoms with Crippen molar-refractivity contribution in [3.8, 4) is 5.75 Å². The lowest BCUT2D eigenvalue weighted by Gasteiger charge is -2.09. The normalized spacial score (nSPS) is 10.7. The zero-order valence-electron chi connectivity index (χ0n) is 16.8. The Morgan fingerprint density at radius 3 is 2.47 bits per heavy atom. The maximum absolute atomic E-state index is 12.8. The molecule has 0 atom stereocenters. The van der Waals surface area contributed by atoms with Crippen LogP contribution in [0.25, 0.3) is 0 Å². The van der Waals surface area contributed by atoms with Gasteiger partial charge in [-0.05, 0) is 47.5 Å². The lowest BCUT2D eigenvalue weighted by Crippen LogP contribution is -2.13. The van der Waals surface area contributed by atoms with Crippen molar-refractivity contribution in [3.63, 3.8) is 0 Å². The SMILES string of the molecule is O=C(Nc1nn(Cc2ccc(Cl)cc2)cc1Cl)c1cccc(COc2ccccc2Cl)c1. The predicted molar refractivity (Wildman–Crippen MR) is 128 cm³/mol. The van der Waals surface area contributed by atoms with Gasteiger partial charge in [0, 0.05) is 16.8 Å². The van der Waals surface area contributed by atoms with E-state index in [2.05, 4.69) is 10.4 Å². The van der Waals surface area contributed by atoms with Crippen LogP contribution in [-0.4, -0.2) is 15.7 Å². The highest BCUT2D eigenvalue weighted by molar-refractivity contribution is 6.33. The van der Waals surface area contributed by atoms with Crippen molar-refractivity contribution >= 4 is 46.5 Å². The van der Waals surface area contributed by atoms with E-state index in [0.29, 0.717) is 38.7 Å². The number of hydrogen-bond acceptors (Lipinski definition) is 3. The van der Waals surface area contributed by atoms with E-state index in [1.54, 1.807) is 41.2 Å². The van der Waals surface area contributed by atoms with Crippen molar-refractivity contribution in [2.24, 2.45) is 0 Å². The number of hydrogen-bond donors (Lipinski definition) is 1. The third-order valence-electron chi connectivity index (χ3n) is 4.63. The van der Waals surface area contributed by atoms with Crippen LogP contribution in [0.2, 0.25) is 15.1 Å². The fraction of sp³-hybridized carbons (Fsp3) is 0.0833. The van der Waals surface area contributed by atoms with Crippen LogP contribution >= 0.6 is 34.8 Å². The van der Waals surface area contributed by atoms with Gasteiger partial charge in [-0.2, -0.15) is 5.10 Å². The minimum absolute atomic E-state index is 0.279. The van der Waals surface area contributed by atoms with Crippen molar-refractivity contribution in [1.82, 2.24) is 9.78 Å². The molecular formula is C24H18Cl3N3O2. The fourth-order valence-electron chi connectivity index (χ4n) is 3.04. The van der Waals surface area contributed by atoms with Gasteiger partial charge in [0.2, 0.25) is 0 Å². The summed E-state index contributed by atoms with van der Waals surface area (Å²) in [4.78, 5) is 12.8. The van der Waals surface area contributed by atoms with E-state index in [9.17, 15) is 4.79 Å². The molecule has 32 heavy (non-hydrogen) atoms. The average molecular weight is 487 g/mol. The largest absolute Gasteiger partial charge is 0.487 e. The Kier molecular flexibility index (Phi) is 7.00. The Labute approximate surface area is 200 Å². The first kappa shape index (κ1) is 22.2. The monoisotopic (exact) mass is 485 g/mol. The van der Waals surface area contributed by atoms with E-state index in [-0.39, 0.29) is 12.5 Å². The van der Waals surface area contributed by atoms with Gasteiger partial charge in [0.25, 0.3) is 5.91 Å². The summed E-state index contributed by atoms with van der Waals surface area (Å²) in [7, 11) is 0. The first-order valence-electron chi connectivity index (χ1n) is 9.73. The molecule has 4 aromatic rings. The molecule has 0 aliphatic heterocycles. The molecule has 0 aliphatic rings. The van der Waals surface area contributed by atoms with Gasteiger partial charge in [0.1, 0.15) is 17.4 Å². The fourth-order valence-corrected chi connectivity index (χ4v) is 3.56. The summed E-state index contributed by atoms with van der Waals surface area (Å²) in [6.45, 7) is 0.781. The van der Waals surface area contributed by atoms with Crippen LogP contribution in [0.15, 0.2) is 79.0 Å². The lowest BCUT2D eigenvalue weighted by molar-refractivity contribution is 0.102. The Morgan fingerprint density at radius 2 is 1.69 bits per heavy atom. The number of benzene rings is 3. The number of carbonyl (C=O) groups excluding carboxylic acids is 1. The maximum atomic E-state index is 12.8. The van der Waals surface area contributed by atoms with Crippen molar-refractivity contribution in [1.29, 1.82) is 0 Å². The molecule has 0 fully saturated rings. The zero-order valence-corrected chi connectivity index (χ0v) is 19.0. The van der Waals surface area contributed by atoms with Crippen molar-refractivity contribution in [2.45, 2.75) is 13.2 Å². The molecular weight excluding hydrogens is 469 g/mol. The number of anilines is 1. The molecule has 0 bridgehead atoms. The highest BCUT2D eigenvalue weighted by Crippen LogP contribution is 2.25. The summed E-state index contributed by atoms with van der Waals surface area (Å²) in [5, 5.41) is 8.70. The van der Waals surface area contributed by atoms with Gasteiger partial charge in [-0.1, -0.05) is 71.2 Å². The third kappa shape index (κ3) is 5.62. The van der Waals surface area contributed by atoms with Gasteiger partial charge in [0.15, 0.2) is 5.82 Å². The molecule has 0 aliphatic carbocycles. The molecule has 8 heteroatoms. The molecule has 1 N–H and O–H groups in total. The lowest BCUT2D eigenvalue weighted by atomic mass is 10.1. The molecule has 4 rings (SSSR count). The number of amides is 1. The molecule has 162 valence electrons. The first-order valence-corrected chi connectivity index (χ1v) is 10.9. The molecule has 1 amide bonds. The van der Waals surface area contributed by atoms with Crippen LogP contribution in [-0.2, 0) is 13.2 Å². The first-order chi connectivity index (χ1) is 15.5. The van der Waals surface area contributed by atoms with E-state index in [4.69, 9.17) is 39.5 Å². The zero-order chi connectivity index (χ0) is 22.5. The Morgan fingerprint density at radius 1 is 0.906 bits per heavy atom. The van der Waals surface area contributed by atoms with Crippen LogP contribution in [0.3, 0.4) is 0 Å². The maximum Gasteiger partial charge on any atom is 0.256 e. The van der Waals surface area contributed by atoms with Crippen LogP contribution in [0, 0.1) is 0 Å². The molecule has 1 heterocycles. The molecule has 0 saturated carbocycles. The van der Waals surface area contributed by atoms with Crippen LogP contribution < -0.4 is 10.1 Å². The molecule has 1 aromatic heterocycles. The topological polar surface area (TPSA) is 56.2 Å². The highest BCUT2D eigenvalue weighted by atomic mass is 35.5. The van der Waals surface area contributed by atoms with Crippen molar-refractivity contribution in [2.75, 3.05) is 5.32 Å². The predicted octanol–water partition coefficient (Wildman–Crippen LogP) is 6.72. The standard InChI is InChI=1S/C24H18Cl3N3O2/c25-19-10-8-16(9-11-19)13-30-14-21(27)23(29-30)28-24(31)18-5-3-4-17(12-18)15-32-22-7-2-1-6-20(22)26/h1-12,14H,13,15H2,(H,28,29,31). The van der Waals surface area contributed by atoms with E-state index >= 15 is 0 Å². The summed E-state index contributed by atoms with van der Waals surface area (Å²) in [6.07, 6.45) is 1.67. The van der Waals surface area contributed by atoms with Gasteiger partial charge in [-0.15, -0.1) is 0 Å². The number of nitrogens with one attached hydrogen (secondary N) is 1. The summed E-state index contributed by atoms with van der Waals surface area (Å²) >= 11 is 18.3. The van der Waals surface area contributed by atoms with Crippen molar-refractivity contribution < 1.29 is 9.53 Å². The number of ether oxygens (including phenoxy) is 1. The van der Waals surface area contributed by atoms with Crippen LogP contribution in [0.4, 0.5) is 5.82 Å². The van der Waals surface area contributed by atoms with Gasteiger partial charge in [-0.3, -0.25) is 9.48 Å². The van der Waals surface area contributed by atoms with E-state index in [0.717, 1.165) is 11.1 Å². The number of aromatic nitrogens is 2. The molecule has 5 nitrogen and oxygen atoms in total. The summed E-state index contributed by atoms with van der Waals surface area (Å²) in [5.41, 5.74) is 2.31. The number of halogens is 3. The van der Waals surface area contributed by atoms with Gasteiger partial charge < -0.3 is 10.1 Å². The summed E-state index contributed by atoms with van der Waals surface area (Å²) in [6, 6.07) is 21.8. The molecule has 0 radical (unpaired) electrons. The van der Waals surface area contributed by atoms with E-state index in [1.165, 1.54) is 0 Å². The second-order valence-electron chi connectivity index (χ2n) is 7.02. The van der Waals surface area contributed by atoms with Gasteiger partial charge >= 0.3 is 0 Å². The quantitative estimate of drug-likeness (QED) is 0.315. The summed E-state index contributed by atoms with van der Waals surface area (Å²) < 4.78 is 7.42. The highest BCUT2D eigenvalue weighted by Gasteiger charge is 2.13. The second kappa shape index (κ2) is 10.1. The Bertz CT molecular complexity index is 1240. The number of para-hydroxylation sites is 1. The van der Waals surface area contributed by atoms with Gasteiger partial charge in [0.05, 0.1) is 11.6 Å².